The molecule has 0 radical (unpaired) electrons. The Hall–Kier alpha value is -0.540. The molecule has 0 saturated carbocycles. The van der Waals surface area contributed by atoms with Gasteiger partial charge in [0.15, 0.2) is 0 Å². The van der Waals surface area contributed by atoms with E-state index in [1.165, 1.54) is 5.57 Å². The lowest BCUT2D eigenvalue weighted by Gasteiger charge is -1.89. The summed E-state index contributed by atoms with van der Waals surface area (Å²) in [6.45, 7) is 1.61. The molecule has 1 rings (SSSR count). The highest BCUT2D eigenvalue weighted by molar-refractivity contribution is 5.01. The number of nitrogens with one attached hydrogen (secondary N) is 1. The number of hydrogen-bond donors (Lipinski definition) is 1. The molecule has 1 fully saturated rings. The van der Waals surface area contributed by atoms with Gasteiger partial charge >= 0.3 is 0 Å². The Bertz CT molecular complexity index is 105. The summed E-state index contributed by atoms with van der Waals surface area (Å²) in [6, 6.07) is 0. The van der Waals surface area contributed by atoms with E-state index in [1.807, 2.05) is 14.1 Å². The molecule has 1 saturated heterocycles. The summed E-state index contributed by atoms with van der Waals surface area (Å²) in [5, 5.41) is 2.75. The van der Waals surface area contributed by atoms with Crippen LogP contribution in [0.5, 0.6) is 0 Å². The van der Waals surface area contributed by atoms with Crippen molar-refractivity contribution in [2.75, 3.05) is 34.4 Å². The quantitative estimate of drug-likeness (QED) is 0.573. The van der Waals surface area contributed by atoms with E-state index >= 15 is 0 Å². The van der Waals surface area contributed by atoms with Crippen molar-refractivity contribution in [1.29, 1.82) is 0 Å². The SMILES string of the molecule is CNC.COC=C1CCOC1. The van der Waals surface area contributed by atoms with Crippen LogP contribution in [0.2, 0.25) is 0 Å². The summed E-state index contributed by atoms with van der Waals surface area (Å²) in [5.41, 5.74) is 1.26. The smallest absolute Gasteiger partial charge is 0.0840 e. The van der Waals surface area contributed by atoms with Crippen LogP contribution in [0.3, 0.4) is 0 Å². The Morgan fingerprint density at radius 3 is 2.55 bits per heavy atom. The van der Waals surface area contributed by atoms with E-state index < -0.39 is 0 Å². The first-order valence-corrected chi connectivity index (χ1v) is 3.72. The Labute approximate surface area is 68.4 Å². The van der Waals surface area contributed by atoms with Gasteiger partial charge in [-0.1, -0.05) is 0 Å². The highest BCUT2D eigenvalue weighted by Crippen LogP contribution is 2.09. The van der Waals surface area contributed by atoms with Crippen LogP contribution in [0.4, 0.5) is 0 Å². The first-order chi connectivity index (χ1) is 5.35. The molecule has 0 amide bonds. The molecule has 3 heteroatoms. The van der Waals surface area contributed by atoms with E-state index in [1.54, 1.807) is 13.4 Å². The van der Waals surface area contributed by atoms with Crippen molar-refractivity contribution in [2.45, 2.75) is 6.42 Å². The summed E-state index contributed by atoms with van der Waals surface area (Å²) in [6.07, 6.45) is 2.79. The van der Waals surface area contributed by atoms with Gasteiger partial charge in [0, 0.05) is 0 Å². The summed E-state index contributed by atoms with van der Waals surface area (Å²) in [4.78, 5) is 0. The number of ether oxygens (including phenoxy) is 2. The molecule has 0 bridgehead atoms. The molecule has 1 N–H and O–H groups in total. The van der Waals surface area contributed by atoms with Crippen LogP contribution in [-0.2, 0) is 9.47 Å². The van der Waals surface area contributed by atoms with Gasteiger partial charge in [-0.2, -0.15) is 0 Å². The lowest BCUT2D eigenvalue weighted by molar-refractivity contribution is 0.203. The molecular formula is C8H17NO2. The van der Waals surface area contributed by atoms with Gasteiger partial charge in [0.05, 0.1) is 26.6 Å². The standard InChI is InChI=1S/C6H10O2.C2H7N/c1-7-4-6-2-3-8-5-6;1-3-2/h4H,2-3,5H2,1H3;3H,1-2H3. The Morgan fingerprint density at radius 1 is 1.55 bits per heavy atom. The van der Waals surface area contributed by atoms with E-state index in [2.05, 4.69) is 5.32 Å². The Balaban J connectivity index is 0.000000292. The van der Waals surface area contributed by atoms with Gasteiger partial charge < -0.3 is 14.8 Å². The zero-order chi connectivity index (χ0) is 8.53. The topological polar surface area (TPSA) is 30.5 Å². The third-order valence-corrected chi connectivity index (χ3v) is 1.14. The van der Waals surface area contributed by atoms with E-state index in [0.29, 0.717) is 0 Å². The molecule has 0 aliphatic carbocycles. The van der Waals surface area contributed by atoms with E-state index in [-0.39, 0.29) is 0 Å². The average Bonchev–Trinajstić information content (AvgIpc) is 2.42. The minimum Gasteiger partial charge on any atom is -0.504 e. The fourth-order valence-electron chi connectivity index (χ4n) is 0.738. The number of hydrogen-bond acceptors (Lipinski definition) is 3. The zero-order valence-electron chi connectivity index (χ0n) is 7.52. The Morgan fingerprint density at radius 2 is 2.18 bits per heavy atom. The summed E-state index contributed by atoms with van der Waals surface area (Å²) < 4.78 is 9.85. The van der Waals surface area contributed by atoms with Crippen LogP contribution in [0.25, 0.3) is 0 Å². The fraction of sp³-hybridized carbons (Fsp3) is 0.750. The molecule has 0 spiro atoms. The lowest BCUT2D eigenvalue weighted by Crippen LogP contribution is -1.89. The van der Waals surface area contributed by atoms with Crippen molar-refractivity contribution >= 4 is 0 Å². The van der Waals surface area contributed by atoms with Gasteiger partial charge in [-0.05, 0) is 26.1 Å². The summed E-state index contributed by atoms with van der Waals surface area (Å²) in [7, 11) is 5.41. The molecule has 0 atom stereocenters. The molecule has 1 aliphatic heterocycles. The van der Waals surface area contributed by atoms with Crippen LogP contribution in [0.15, 0.2) is 11.8 Å². The summed E-state index contributed by atoms with van der Waals surface area (Å²) in [5.74, 6) is 0. The minimum absolute atomic E-state index is 0.758. The van der Waals surface area contributed by atoms with Gasteiger partial charge in [-0.15, -0.1) is 0 Å². The van der Waals surface area contributed by atoms with Crippen molar-refractivity contribution in [3.8, 4) is 0 Å². The van der Waals surface area contributed by atoms with Crippen molar-refractivity contribution in [2.24, 2.45) is 0 Å². The third kappa shape index (κ3) is 5.88. The van der Waals surface area contributed by atoms with Crippen LogP contribution in [-0.4, -0.2) is 34.4 Å². The van der Waals surface area contributed by atoms with Crippen LogP contribution >= 0.6 is 0 Å². The van der Waals surface area contributed by atoms with E-state index in [9.17, 15) is 0 Å². The molecule has 0 aromatic rings. The van der Waals surface area contributed by atoms with Crippen molar-refractivity contribution in [3.05, 3.63) is 11.8 Å². The van der Waals surface area contributed by atoms with Gasteiger partial charge in [0.2, 0.25) is 0 Å². The maximum Gasteiger partial charge on any atom is 0.0840 e. The lowest BCUT2D eigenvalue weighted by atomic mass is 10.3. The zero-order valence-corrected chi connectivity index (χ0v) is 7.52. The van der Waals surface area contributed by atoms with E-state index in [0.717, 1.165) is 19.6 Å². The minimum atomic E-state index is 0.758. The third-order valence-electron chi connectivity index (χ3n) is 1.14. The van der Waals surface area contributed by atoms with Crippen LogP contribution < -0.4 is 5.32 Å². The number of methoxy groups -OCH3 is 1. The monoisotopic (exact) mass is 159 g/mol. The van der Waals surface area contributed by atoms with Crippen molar-refractivity contribution in [1.82, 2.24) is 5.32 Å². The maximum absolute atomic E-state index is 5.06. The highest BCUT2D eigenvalue weighted by Gasteiger charge is 2.05. The molecule has 1 aliphatic rings. The number of rotatable bonds is 1. The molecular weight excluding hydrogens is 142 g/mol. The normalized spacial score (nSPS) is 19.4. The predicted octanol–water partition coefficient (Wildman–Crippen LogP) is 0.773. The van der Waals surface area contributed by atoms with Crippen molar-refractivity contribution in [3.63, 3.8) is 0 Å². The molecule has 0 unspecified atom stereocenters. The molecule has 0 aromatic heterocycles. The van der Waals surface area contributed by atoms with Crippen molar-refractivity contribution < 1.29 is 9.47 Å². The van der Waals surface area contributed by atoms with Crippen LogP contribution in [0.1, 0.15) is 6.42 Å². The first kappa shape index (κ1) is 10.5. The van der Waals surface area contributed by atoms with Gasteiger partial charge in [-0.25, -0.2) is 0 Å². The first-order valence-electron chi connectivity index (χ1n) is 3.72. The molecule has 1 heterocycles. The Kier molecular flexibility index (Phi) is 7.19. The van der Waals surface area contributed by atoms with Gasteiger partial charge in [-0.3, -0.25) is 0 Å². The highest BCUT2D eigenvalue weighted by atomic mass is 16.5. The molecule has 0 aromatic carbocycles. The summed E-state index contributed by atoms with van der Waals surface area (Å²) >= 11 is 0. The van der Waals surface area contributed by atoms with E-state index in [4.69, 9.17) is 9.47 Å². The largest absolute Gasteiger partial charge is 0.504 e. The second-order valence-corrected chi connectivity index (χ2v) is 2.31. The second-order valence-electron chi connectivity index (χ2n) is 2.31. The maximum atomic E-state index is 5.06. The van der Waals surface area contributed by atoms with Gasteiger partial charge in [0.25, 0.3) is 0 Å². The second kappa shape index (κ2) is 7.57. The molecule has 11 heavy (non-hydrogen) atoms. The molecule has 3 nitrogen and oxygen atoms in total. The average molecular weight is 159 g/mol. The van der Waals surface area contributed by atoms with Gasteiger partial charge in [0.1, 0.15) is 0 Å². The fourth-order valence-corrected chi connectivity index (χ4v) is 0.738. The van der Waals surface area contributed by atoms with Crippen LogP contribution in [0, 0.1) is 0 Å². The predicted molar refractivity (Wildman–Crippen MR) is 45.5 cm³/mol. The molecule has 66 valence electrons.